The number of carbonyl (C=O) groups excluding carboxylic acids is 2. The van der Waals surface area contributed by atoms with Crippen LogP contribution in [0.3, 0.4) is 0 Å². The molecular weight excluding hydrogens is 268 g/mol. The molecule has 2 aliphatic carbocycles. The molecule has 2 saturated carbocycles. The maximum absolute atomic E-state index is 12.6. The van der Waals surface area contributed by atoms with Crippen molar-refractivity contribution in [2.45, 2.75) is 56.9 Å². The van der Waals surface area contributed by atoms with Crippen LogP contribution < -0.4 is 10.6 Å². The Hall–Kier alpha value is -1.10. The van der Waals surface area contributed by atoms with Gasteiger partial charge in [-0.15, -0.1) is 0 Å². The Labute approximate surface area is 126 Å². The minimum absolute atomic E-state index is 0.00169. The minimum atomic E-state index is -0.663. The molecule has 0 aromatic heterocycles. The molecule has 2 N–H and O–H groups in total. The Morgan fingerprint density at radius 2 is 1.86 bits per heavy atom. The van der Waals surface area contributed by atoms with Gasteiger partial charge in [-0.2, -0.15) is 0 Å². The van der Waals surface area contributed by atoms with E-state index < -0.39 is 5.54 Å². The first-order valence-electron chi connectivity index (χ1n) is 8.38. The van der Waals surface area contributed by atoms with Crippen molar-refractivity contribution >= 4 is 11.8 Å². The van der Waals surface area contributed by atoms with Crippen LogP contribution in [0.15, 0.2) is 0 Å². The molecule has 1 saturated heterocycles. The summed E-state index contributed by atoms with van der Waals surface area (Å²) in [5, 5.41) is 6.13. The van der Waals surface area contributed by atoms with Gasteiger partial charge in [-0.3, -0.25) is 9.59 Å². The largest absolute Gasteiger partial charge is 0.381 e. The topological polar surface area (TPSA) is 67.4 Å². The van der Waals surface area contributed by atoms with Crippen LogP contribution in [0.25, 0.3) is 0 Å². The Kier molecular flexibility index (Phi) is 4.48. The van der Waals surface area contributed by atoms with Crippen LogP contribution in [-0.4, -0.2) is 37.1 Å². The number of rotatable bonds is 5. The molecule has 1 atom stereocenters. The number of hydrogen-bond donors (Lipinski definition) is 2. The number of hydrogen-bond acceptors (Lipinski definition) is 3. The van der Waals surface area contributed by atoms with E-state index >= 15 is 0 Å². The SMILES string of the molecule is O=C(NC1(C(=O)NCC2CC2)CCCC1)[C@H]1CCCOC1. The molecule has 0 bridgehead atoms. The van der Waals surface area contributed by atoms with Gasteiger partial charge in [0.05, 0.1) is 12.5 Å². The van der Waals surface area contributed by atoms with Crippen LogP contribution in [-0.2, 0) is 14.3 Å². The standard InChI is InChI=1S/C16H26N2O3/c19-14(13-4-3-9-21-11-13)18-16(7-1-2-8-16)15(20)17-10-12-5-6-12/h12-13H,1-11H2,(H,17,20)(H,18,19)/t13-/m0/s1. The molecule has 0 aromatic carbocycles. The molecule has 0 spiro atoms. The molecule has 1 aliphatic heterocycles. The van der Waals surface area contributed by atoms with Crippen LogP contribution in [0.1, 0.15) is 51.4 Å². The van der Waals surface area contributed by atoms with Crippen molar-refractivity contribution in [1.82, 2.24) is 10.6 Å². The van der Waals surface area contributed by atoms with Gasteiger partial charge in [0.15, 0.2) is 0 Å². The molecule has 3 aliphatic rings. The number of nitrogens with one attached hydrogen (secondary N) is 2. The summed E-state index contributed by atoms with van der Waals surface area (Å²) in [6.45, 7) is 2.01. The Morgan fingerprint density at radius 3 is 2.48 bits per heavy atom. The van der Waals surface area contributed by atoms with Crippen LogP contribution in [0.4, 0.5) is 0 Å². The zero-order chi connectivity index (χ0) is 14.7. The first-order valence-corrected chi connectivity index (χ1v) is 8.38. The van der Waals surface area contributed by atoms with Gasteiger partial charge in [-0.25, -0.2) is 0 Å². The van der Waals surface area contributed by atoms with E-state index in [0.717, 1.165) is 51.7 Å². The van der Waals surface area contributed by atoms with Gasteiger partial charge in [0.25, 0.3) is 0 Å². The molecule has 1 heterocycles. The normalized spacial score (nSPS) is 28.1. The van der Waals surface area contributed by atoms with E-state index in [-0.39, 0.29) is 17.7 Å². The zero-order valence-electron chi connectivity index (χ0n) is 12.7. The van der Waals surface area contributed by atoms with Crippen molar-refractivity contribution in [3.05, 3.63) is 0 Å². The lowest BCUT2D eigenvalue weighted by atomic mass is 9.93. The molecule has 21 heavy (non-hydrogen) atoms. The quantitative estimate of drug-likeness (QED) is 0.804. The summed E-state index contributed by atoms with van der Waals surface area (Å²) in [5.74, 6) is 0.595. The number of ether oxygens (including phenoxy) is 1. The highest BCUT2D eigenvalue weighted by molar-refractivity contribution is 5.92. The second-order valence-corrected chi connectivity index (χ2v) is 6.85. The summed E-state index contributed by atoms with van der Waals surface area (Å²) in [6.07, 6.45) is 7.80. The van der Waals surface area contributed by atoms with E-state index in [1.165, 1.54) is 12.8 Å². The van der Waals surface area contributed by atoms with Gasteiger partial charge in [0.2, 0.25) is 11.8 Å². The van der Waals surface area contributed by atoms with E-state index in [1.807, 2.05) is 0 Å². The van der Waals surface area contributed by atoms with Crippen LogP contribution in [0.5, 0.6) is 0 Å². The zero-order valence-corrected chi connectivity index (χ0v) is 12.7. The Balaban J connectivity index is 1.59. The van der Waals surface area contributed by atoms with Crippen LogP contribution in [0, 0.1) is 11.8 Å². The molecule has 0 radical (unpaired) electrons. The average molecular weight is 294 g/mol. The maximum Gasteiger partial charge on any atom is 0.245 e. The van der Waals surface area contributed by atoms with Gasteiger partial charge in [-0.1, -0.05) is 12.8 Å². The predicted octanol–water partition coefficient (Wildman–Crippen LogP) is 1.37. The van der Waals surface area contributed by atoms with Gasteiger partial charge < -0.3 is 15.4 Å². The third-order valence-corrected chi connectivity index (χ3v) is 5.03. The molecule has 2 amide bonds. The number of amides is 2. The van der Waals surface area contributed by atoms with Crippen molar-refractivity contribution in [1.29, 1.82) is 0 Å². The molecule has 3 rings (SSSR count). The molecule has 0 unspecified atom stereocenters. The van der Waals surface area contributed by atoms with Crippen LogP contribution in [0.2, 0.25) is 0 Å². The van der Waals surface area contributed by atoms with E-state index in [4.69, 9.17) is 4.74 Å². The van der Waals surface area contributed by atoms with Gasteiger partial charge in [0, 0.05) is 13.2 Å². The van der Waals surface area contributed by atoms with Crippen molar-refractivity contribution < 1.29 is 14.3 Å². The van der Waals surface area contributed by atoms with Crippen molar-refractivity contribution in [2.75, 3.05) is 19.8 Å². The van der Waals surface area contributed by atoms with Gasteiger partial charge in [-0.05, 0) is 44.4 Å². The molecule has 0 aromatic rings. The van der Waals surface area contributed by atoms with E-state index in [2.05, 4.69) is 10.6 Å². The lowest BCUT2D eigenvalue weighted by Crippen LogP contribution is -2.59. The first kappa shape index (κ1) is 14.8. The summed E-state index contributed by atoms with van der Waals surface area (Å²) < 4.78 is 5.39. The highest BCUT2D eigenvalue weighted by Gasteiger charge is 2.43. The monoisotopic (exact) mass is 294 g/mol. The highest BCUT2D eigenvalue weighted by atomic mass is 16.5. The summed E-state index contributed by atoms with van der Waals surface area (Å²) in [7, 11) is 0. The summed E-state index contributed by atoms with van der Waals surface area (Å²) in [5.41, 5.74) is -0.663. The third kappa shape index (κ3) is 3.57. The summed E-state index contributed by atoms with van der Waals surface area (Å²) in [4.78, 5) is 25.0. The highest BCUT2D eigenvalue weighted by Crippen LogP contribution is 2.32. The Morgan fingerprint density at radius 1 is 1.10 bits per heavy atom. The van der Waals surface area contributed by atoms with Crippen LogP contribution >= 0.6 is 0 Å². The maximum atomic E-state index is 12.6. The third-order valence-electron chi connectivity index (χ3n) is 5.03. The molecule has 3 fully saturated rings. The predicted molar refractivity (Wildman–Crippen MR) is 78.6 cm³/mol. The lowest BCUT2D eigenvalue weighted by molar-refractivity contribution is -0.137. The fraction of sp³-hybridized carbons (Fsp3) is 0.875. The van der Waals surface area contributed by atoms with Crippen molar-refractivity contribution in [2.24, 2.45) is 11.8 Å². The van der Waals surface area contributed by atoms with E-state index in [1.54, 1.807) is 0 Å². The average Bonchev–Trinajstić information content (AvgIpc) is 3.23. The van der Waals surface area contributed by atoms with E-state index in [0.29, 0.717) is 12.5 Å². The molecule has 5 heteroatoms. The molecular formula is C16H26N2O3. The second kappa shape index (κ2) is 6.34. The lowest BCUT2D eigenvalue weighted by Gasteiger charge is -2.32. The van der Waals surface area contributed by atoms with E-state index in [9.17, 15) is 9.59 Å². The minimum Gasteiger partial charge on any atom is -0.381 e. The first-order chi connectivity index (χ1) is 10.2. The Bertz CT molecular complexity index is 394. The number of carbonyl (C=O) groups is 2. The van der Waals surface area contributed by atoms with Gasteiger partial charge >= 0.3 is 0 Å². The summed E-state index contributed by atoms with van der Waals surface area (Å²) >= 11 is 0. The fourth-order valence-electron chi connectivity index (χ4n) is 3.40. The summed E-state index contributed by atoms with van der Waals surface area (Å²) in [6, 6.07) is 0. The van der Waals surface area contributed by atoms with Crippen molar-refractivity contribution in [3.63, 3.8) is 0 Å². The van der Waals surface area contributed by atoms with Gasteiger partial charge in [0.1, 0.15) is 5.54 Å². The fourth-order valence-corrected chi connectivity index (χ4v) is 3.40. The second-order valence-electron chi connectivity index (χ2n) is 6.85. The molecule has 118 valence electrons. The van der Waals surface area contributed by atoms with Crippen molar-refractivity contribution in [3.8, 4) is 0 Å². The molecule has 5 nitrogen and oxygen atoms in total. The smallest absolute Gasteiger partial charge is 0.245 e.